The molecule has 0 radical (unpaired) electrons. The average Bonchev–Trinajstić information content (AvgIpc) is 3.12. The van der Waals surface area contributed by atoms with Gasteiger partial charge in [0.15, 0.2) is 5.76 Å². The molecule has 2 rings (SSSR count). The van der Waals surface area contributed by atoms with Crippen molar-refractivity contribution >= 4 is 17.7 Å². The number of nitrogens with one attached hydrogen (secondary N) is 2. The zero-order valence-corrected chi connectivity index (χ0v) is 14.4. The van der Waals surface area contributed by atoms with E-state index in [1.54, 1.807) is 17.0 Å². The first-order valence-corrected chi connectivity index (χ1v) is 8.32. The predicted octanol–water partition coefficient (Wildman–Crippen LogP) is 1.16. The van der Waals surface area contributed by atoms with Crippen molar-refractivity contribution in [3.05, 3.63) is 24.2 Å². The van der Waals surface area contributed by atoms with Gasteiger partial charge in [-0.2, -0.15) is 0 Å². The van der Waals surface area contributed by atoms with E-state index in [1.807, 2.05) is 13.8 Å². The van der Waals surface area contributed by atoms with Gasteiger partial charge in [0.25, 0.3) is 5.91 Å². The quantitative estimate of drug-likeness (QED) is 0.845. The molecule has 1 aromatic rings. The molecule has 2 heterocycles. The molecule has 0 aromatic carbocycles. The average molecular weight is 335 g/mol. The molecule has 0 aliphatic carbocycles. The summed E-state index contributed by atoms with van der Waals surface area (Å²) in [5.74, 6) is -0.649. The van der Waals surface area contributed by atoms with Crippen molar-refractivity contribution in [1.29, 1.82) is 0 Å². The lowest BCUT2D eigenvalue weighted by Crippen LogP contribution is -2.57. The molecule has 0 bridgehead atoms. The second kappa shape index (κ2) is 7.99. The topological polar surface area (TPSA) is 91.7 Å². The zero-order valence-electron chi connectivity index (χ0n) is 14.4. The van der Waals surface area contributed by atoms with E-state index in [0.717, 1.165) is 12.8 Å². The van der Waals surface area contributed by atoms with Gasteiger partial charge in [0, 0.05) is 13.6 Å². The lowest BCUT2D eigenvalue weighted by molar-refractivity contribution is -0.132. The second-order valence-corrected chi connectivity index (χ2v) is 6.33. The molecule has 132 valence electrons. The van der Waals surface area contributed by atoms with Crippen LogP contribution >= 0.6 is 0 Å². The summed E-state index contributed by atoms with van der Waals surface area (Å²) in [6, 6.07) is 2.03. The molecule has 1 aromatic heterocycles. The highest BCUT2D eigenvalue weighted by molar-refractivity contribution is 5.96. The first kappa shape index (κ1) is 18.0. The Hall–Kier alpha value is -2.31. The number of hydrogen-bond acceptors (Lipinski definition) is 4. The maximum Gasteiger partial charge on any atom is 0.290 e. The van der Waals surface area contributed by atoms with Gasteiger partial charge >= 0.3 is 0 Å². The van der Waals surface area contributed by atoms with Crippen molar-refractivity contribution in [2.45, 2.75) is 45.2 Å². The number of amides is 3. The van der Waals surface area contributed by atoms with E-state index >= 15 is 0 Å². The van der Waals surface area contributed by atoms with Gasteiger partial charge in [0.2, 0.25) is 11.8 Å². The van der Waals surface area contributed by atoms with E-state index < -0.39 is 12.1 Å². The zero-order chi connectivity index (χ0) is 17.7. The number of rotatable bonds is 5. The summed E-state index contributed by atoms with van der Waals surface area (Å²) in [6.45, 7) is 4.24. The fourth-order valence-corrected chi connectivity index (χ4v) is 2.93. The first-order valence-electron chi connectivity index (χ1n) is 8.32. The van der Waals surface area contributed by atoms with E-state index in [1.165, 1.54) is 13.3 Å². The summed E-state index contributed by atoms with van der Waals surface area (Å²) in [6.07, 6.45) is 3.73. The van der Waals surface area contributed by atoms with Crippen molar-refractivity contribution in [2.24, 2.45) is 5.92 Å². The molecule has 0 spiro atoms. The van der Waals surface area contributed by atoms with Crippen LogP contribution in [0.2, 0.25) is 0 Å². The molecular weight excluding hydrogens is 310 g/mol. The van der Waals surface area contributed by atoms with Crippen LogP contribution in [0.1, 0.15) is 43.7 Å². The van der Waals surface area contributed by atoms with Crippen LogP contribution in [0.15, 0.2) is 22.8 Å². The van der Waals surface area contributed by atoms with E-state index in [2.05, 4.69) is 10.6 Å². The van der Waals surface area contributed by atoms with Crippen molar-refractivity contribution in [2.75, 3.05) is 13.6 Å². The largest absolute Gasteiger partial charge is 0.459 e. The number of piperidine rings is 1. The summed E-state index contributed by atoms with van der Waals surface area (Å²) in [5.41, 5.74) is 0. The van der Waals surface area contributed by atoms with Gasteiger partial charge in [-0.3, -0.25) is 14.4 Å². The molecule has 1 unspecified atom stereocenters. The normalized spacial score (nSPS) is 19.0. The molecule has 1 fully saturated rings. The summed E-state index contributed by atoms with van der Waals surface area (Å²) in [7, 11) is 1.54. The molecule has 1 aliphatic heterocycles. The van der Waals surface area contributed by atoms with Gasteiger partial charge in [-0.1, -0.05) is 13.8 Å². The molecule has 1 saturated heterocycles. The fraction of sp³-hybridized carbons (Fsp3) is 0.588. The van der Waals surface area contributed by atoms with Crippen molar-refractivity contribution < 1.29 is 18.8 Å². The van der Waals surface area contributed by atoms with Crippen LogP contribution in [-0.4, -0.2) is 48.3 Å². The summed E-state index contributed by atoms with van der Waals surface area (Å²) < 4.78 is 5.16. The second-order valence-electron chi connectivity index (χ2n) is 6.33. The first-order chi connectivity index (χ1) is 11.5. The van der Waals surface area contributed by atoms with Crippen LogP contribution in [0.4, 0.5) is 0 Å². The van der Waals surface area contributed by atoms with Gasteiger partial charge in [-0.15, -0.1) is 0 Å². The third kappa shape index (κ3) is 3.96. The number of likely N-dealkylation sites (tertiary alicyclic amines) is 1. The van der Waals surface area contributed by atoms with Gasteiger partial charge in [-0.05, 0) is 37.3 Å². The highest BCUT2D eigenvalue weighted by Crippen LogP contribution is 2.20. The van der Waals surface area contributed by atoms with Crippen LogP contribution in [0.3, 0.4) is 0 Å². The standard InChI is InChI=1S/C17H25N3O4/c1-11(2)14(16(22)18-3)19-15(21)12-7-4-5-9-20(12)17(23)13-8-6-10-24-13/h6,8,10-12,14H,4-5,7,9H2,1-3H3,(H,18,22)(H,19,21)/t12?,14-/m0/s1. The number of furan rings is 1. The highest BCUT2D eigenvalue weighted by Gasteiger charge is 2.35. The van der Waals surface area contributed by atoms with Crippen molar-refractivity contribution in [1.82, 2.24) is 15.5 Å². The van der Waals surface area contributed by atoms with E-state index in [4.69, 9.17) is 4.42 Å². The number of hydrogen-bond donors (Lipinski definition) is 2. The summed E-state index contributed by atoms with van der Waals surface area (Å²) in [5, 5.41) is 5.35. The number of carbonyl (C=O) groups excluding carboxylic acids is 3. The Kier molecular flexibility index (Phi) is 6.00. The van der Waals surface area contributed by atoms with Gasteiger partial charge in [0.05, 0.1) is 6.26 Å². The molecule has 2 N–H and O–H groups in total. The minimum Gasteiger partial charge on any atom is -0.459 e. The van der Waals surface area contributed by atoms with Crippen LogP contribution in [0.5, 0.6) is 0 Å². The van der Waals surface area contributed by atoms with Crippen LogP contribution in [0.25, 0.3) is 0 Å². The van der Waals surface area contributed by atoms with Crippen molar-refractivity contribution in [3.63, 3.8) is 0 Å². The van der Waals surface area contributed by atoms with Crippen LogP contribution in [-0.2, 0) is 9.59 Å². The molecule has 3 amide bonds. The molecule has 0 saturated carbocycles. The van der Waals surface area contributed by atoms with Gasteiger partial charge in [0.1, 0.15) is 12.1 Å². The predicted molar refractivity (Wildman–Crippen MR) is 88.2 cm³/mol. The number of likely N-dealkylation sites (N-methyl/N-ethyl adjacent to an activating group) is 1. The maximum absolute atomic E-state index is 12.7. The maximum atomic E-state index is 12.7. The minimum absolute atomic E-state index is 0.0493. The van der Waals surface area contributed by atoms with Crippen LogP contribution in [0, 0.1) is 5.92 Å². The monoisotopic (exact) mass is 335 g/mol. The Morgan fingerprint density at radius 2 is 2.04 bits per heavy atom. The molecule has 7 heteroatoms. The summed E-state index contributed by atoms with van der Waals surface area (Å²) in [4.78, 5) is 38.8. The van der Waals surface area contributed by atoms with E-state index in [9.17, 15) is 14.4 Å². The molecule has 7 nitrogen and oxygen atoms in total. The molecular formula is C17H25N3O4. The lowest BCUT2D eigenvalue weighted by atomic mass is 9.98. The van der Waals surface area contributed by atoms with Crippen molar-refractivity contribution in [3.8, 4) is 0 Å². The lowest BCUT2D eigenvalue weighted by Gasteiger charge is -2.35. The van der Waals surface area contributed by atoms with E-state index in [0.29, 0.717) is 13.0 Å². The van der Waals surface area contributed by atoms with Gasteiger partial charge in [-0.25, -0.2) is 0 Å². The Morgan fingerprint density at radius 3 is 2.62 bits per heavy atom. The molecule has 2 atom stereocenters. The highest BCUT2D eigenvalue weighted by atomic mass is 16.3. The van der Waals surface area contributed by atoms with E-state index in [-0.39, 0.29) is 29.4 Å². The fourth-order valence-electron chi connectivity index (χ4n) is 2.93. The molecule has 24 heavy (non-hydrogen) atoms. The third-order valence-electron chi connectivity index (χ3n) is 4.29. The Labute approximate surface area is 141 Å². The molecule has 1 aliphatic rings. The smallest absolute Gasteiger partial charge is 0.290 e. The minimum atomic E-state index is -0.620. The Balaban J connectivity index is 2.12. The Morgan fingerprint density at radius 1 is 1.29 bits per heavy atom. The van der Waals surface area contributed by atoms with Crippen LogP contribution < -0.4 is 10.6 Å². The summed E-state index contributed by atoms with van der Waals surface area (Å²) >= 11 is 0. The third-order valence-corrected chi connectivity index (χ3v) is 4.29. The number of nitrogens with zero attached hydrogens (tertiary/aromatic N) is 1. The SMILES string of the molecule is CNC(=O)[C@@H](NC(=O)C1CCCCN1C(=O)c1ccco1)C(C)C. The van der Waals surface area contributed by atoms with Gasteiger partial charge < -0.3 is 20.0 Å². The Bertz CT molecular complexity index is 583. The number of carbonyl (C=O) groups is 3.